The molecule has 0 aliphatic carbocycles. The predicted molar refractivity (Wildman–Crippen MR) is 108 cm³/mol. The van der Waals surface area contributed by atoms with Crippen molar-refractivity contribution in [3.63, 3.8) is 0 Å². The smallest absolute Gasteiger partial charge is 0.387 e. The van der Waals surface area contributed by atoms with E-state index >= 15 is 0 Å². The van der Waals surface area contributed by atoms with E-state index in [2.05, 4.69) is 19.3 Å². The lowest BCUT2D eigenvalue weighted by Crippen LogP contribution is -2.37. The highest BCUT2D eigenvalue weighted by Crippen LogP contribution is 2.32. The first kappa shape index (κ1) is 22.4. The molecule has 1 aromatic heterocycles. The van der Waals surface area contributed by atoms with Crippen molar-refractivity contribution >= 4 is 21.8 Å². The van der Waals surface area contributed by atoms with Crippen molar-refractivity contribution in [1.29, 1.82) is 0 Å². The Labute approximate surface area is 186 Å². The van der Waals surface area contributed by atoms with Gasteiger partial charge in [0.05, 0.1) is 18.4 Å². The average molecular weight is 482 g/mol. The van der Waals surface area contributed by atoms with Crippen molar-refractivity contribution in [2.75, 3.05) is 19.4 Å². The third kappa shape index (κ3) is 5.16. The van der Waals surface area contributed by atoms with Gasteiger partial charge in [0.25, 0.3) is 15.9 Å². The monoisotopic (exact) mass is 482 g/mol. The fraction of sp³-hybridized carbons (Fsp3) is 0.263. The van der Waals surface area contributed by atoms with E-state index in [9.17, 15) is 22.0 Å². The molecule has 0 saturated heterocycles. The molecule has 0 fully saturated rings. The fourth-order valence-electron chi connectivity index (χ4n) is 2.96. The summed E-state index contributed by atoms with van der Waals surface area (Å²) >= 11 is 0. The van der Waals surface area contributed by atoms with Crippen LogP contribution in [-0.2, 0) is 26.2 Å². The first-order valence-electron chi connectivity index (χ1n) is 9.36. The van der Waals surface area contributed by atoms with Crippen molar-refractivity contribution in [1.82, 2.24) is 15.0 Å². The highest BCUT2D eigenvalue weighted by Gasteiger charge is 2.25. The predicted octanol–water partition coefficient (Wildman–Crippen LogP) is 1.89. The van der Waals surface area contributed by atoms with Gasteiger partial charge in [-0.1, -0.05) is 5.16 Å². The van der Waals surface area contributed by atoms with Crippen LogP contribution in [-0.4, -0.2) is 61.3 Å². The molecule has 2 aliphatic rings. The van der Waals surface area contributed by atoms with Gasteiger partial charge in [-0.3, -0.25) is 0 Å². The molecule has 0 atom stereocenters. The van der Waals surface area contributed by atoms with Gasteiger partial charge in [-0.05, 0) is 30.4 Å². The van der Waals surface area contributed by atoms with E-state index in [1.54, 1.807) is 0 Å². The average Bonchev–Trinajstić information content (AvgIpc) is 3.25. The summed E-state index contributed by atoms with van der Waals surface area (Å²) in [5.41, 5.74) is 0.590. The van der Waals surface area contributed by atoms with Crippen molar-refractivity contribution in [3.8, 4) is 22.9 Å². The van der Waals surface area contributed by atoms with Crippen LogP contribution in [0.25, 0.3) is 11.4 Å². The van der Waals surface area contributed by atoms with Gasteiger partial charge in [0.1, 0.15) is 5.84 Å². The standard InChI is InChI=1S/C19H16F2N4O7S/c1-29-14-8-11(2-4-13(14)31-19(20)21)17-22-16(32-23-17)10-30-18(26)12-3-5-15-24-33(27,28)7-6-25(15)9-12/h2-5,8-9,19H,6-7,10H2,1H3. The van der Waals surface area contributed by atoms with E-state index < -0.39 is 22.6 Å². The molecular weight excluding hydrogens is 466 g/mol. The van der Waals surface area contributed by atoms with Gasteiger partial charge < -0.3 is 23.6 Å². The number of carbonyl (C=O) groups is 1. The molecule has 1 aromatic carbocycles. The summed E-state index contributed by atoms with van der Waals surface area (Å²) in [7, 11) is -2.20. The Morgan fingerprint density at radius 1 is 1.27 bits per heavy atom. The molecule has 2 aliphatic heterocycles. The van der Waals surface area contributed by atoms with Crippen molar-refractivity contribution in [3.05, 3.63) is 48.0 Å². The lowest BCUT2D eigenvalue weighted by molar-refractivity contribution is -0.140. The van der Waals surface area contributed by atoms with Gasteiger partial charge in [-0.25, -0.2) is 13.2 Å². The maximum Gasteiger partial charge on any atom is 0.387 e. The van der Waals surface area contributed by atoms with E-state index in [1.807, 2.05) is 0 Å². The molecule has 0 N–H and O–H groups in total. The van der Waals surface area contributed by atoms with Crippen LogP contribution in [0.2, 0.25) is 0 Å². The number of rotatable bonds is 7. The van der Waals surface area contributed by atoms with Gasteiger partial charge in [0.15, 0.2) is 18.1 Å². The van der Waals surface area contributed by atoms with Crippen LogP contribution in [0.15, 0.2) is 51.0 Å². The molecule has 174 valence electrons. The number of carbonyl (C=O) groups excluding carboxylic acids is 1. The Morgan fingerprint density at radius 2 is 2.09 bits per heavy atom. The molecule has 3 heterocycles. The number of alkyl halides is 2. The summed E-state index contributed by atoms with van der Waals surface area (Å²) in [6.45, 7) is -3.16. The SMILES string of the molecule is COc1cc(-c2noc(COC(=O)C3=CN4CCS(=O)(=O)N=C4C=C3)n2)ccc1OC(F)F. The summed E-state index contributed by atoms with van der Waals surface area (Å²) < 4.78 is 71.3. The number of amidine groups is 1. The van der Waals surface area contributed by atoms with E-state index in [4.69, 9.17) is 14.0 Å². The topological polar surface area (TPSA) is 133 Å². The van der Waals surface area contributed by atoms with E-state index in [1.165, 1.54) is 48.6 Å². The fourth-order valence-corrected chi connectivity index (χ4v) is 3.93. The Hall–Kier alpha value is -3.81. The number of hydrogen-bond donors (Lipinski definition) is 0. The molecule has 33 heavy (non-hydrogen) atoms. The molecule has 0 unspecified atom stereocenters. The zero-order valence-electron chi connectivity index (χ0n) is 17.0. The summed E-state index contributed by atoms with van der Waals surface area (Å²) in [6, 6.07) is 4.12. The second-order valence-corrected chi connectivity index (χ2v) is 8.43. The Balaban J connectivity index is 1.40. The molecule has 0 bridgehead atoms. The number of ether oxygens (including phenoxy) is 3. The van der Waals surface area contributed by atoms with Crippen LogP contribution in [0, 0.1) is 0 Å². The van der Waals surface area contributed by atoms with E-state index in [0.29, 0.717) is 5.56 Å². The summed E-state index contributed by atoms with van der Waals surface area (Å²) in [5.74, 6) is -0.605. The number of benzene rings is 1. The lowest BCUT2D eigenvalue weighted by Gasteiger charge is -2.26. The van der Waals surface area contributed by atoms with Crippen molar-refractivity contribution < 1.29 is 40.7 Å². The van der Waals surface area contributed by atoms with Crippen LogP contribution in [0.3, 0.4) is 0 Å². The highest BCUT2D eigenvalue weighted by atomic mass is 32.2. The van der Waals surface area contributed by atoms with Gasteiger partial charge >= 0.3 is 12.6 Å². The first-order chi connectivity index (χ1) is 15.7. The van der Waals surface area contributed by atoms with Gasteiger partial charge in [0.2, 0.25) is 5.82 Å². The molecule has 0 saturated carbocycles. The van der Waals surface area contributed by atoms with Crippen LogP contribution >= 0.6 is 0 Å². The van der Waals surface area contributed by atoms with E-state index in [0.717, 1.165) is 0 Å². The molecule has 4 rings (SSSR count). The molecule has 14 heteroatoms. The number of aromatic nitrogens is 2. The number of esters is 1. The minimum atomic E-state index is -3.50. The molecule has 0 amide bonds. The number of nitrogens with zero attached hydrogens (tertiary/aromatic N) is 4. The normalized spacial score (nSPS) is 16.7. The maximum absolute atomic E-state index is 12.5. The second-order valence-electron chi connectivity index (χ2n) is 6.68. The molecule has 2 aromatic rings. The summed E-state index contributed by atoms with van der Waals surface area (Å²) in [6.07, 6.45) is 4.25. The largest absolute Gasteiger partial charge is 0.493 e. The van der Waals surface area contributed by atoms with Crippen molar-refractivity contribution in [2.45, 2.75) is 13.2 Å². The highest BCUT2D eigenvalue weighted by molar-refractivity contribution is 7.90. The van der Waals surface area contributed by atoms with Gasteiger partial charge in [-0.2, -0.15) is 13.8 Å². The van der Waals surface area contributed by atoms with Crippen LogP contribution < -0.4 is 9.47 Å². The van der Waals surface area contributed by atoms with Crippen LogP contribution in [0.5, 0.6) is 11.5 Å². The number of hydrogen-bond acceptors (Lipinski definition) is 10. The lowest BCUT2D eigenvalue weighted by atomic mass is 10.2. The number of halogens is 2. The van der Waals surface area contributed by atoms with Crippen molar-refractivity contribution in [2.24, 2.45) is 4.40 Å². The van der Waals surface area contributed by atoms with Gasteiger partial charge in [0, 0.05) is 18.3 Å². The molecule has 0 spiro atoms. The maximum atomic E-state index is 12.5. The number of fused-ring (bicyclic) bond motifs is 1. The third-order valence-corrected chi connectivity index (χ3v) is 5.66. The number of sulfonamides is 1. The van der Waals surface area contributed by atoms with E-state index in [-0.39, 0.29) is 53.5 Å². The second kappa shape index (κ2) is 8.97. The van der Waals surface area contributed by atoms with Gasteiger partial charge in [-0.15, -0.1) is 4.40 Å². The summed E-state index contributed by atoms with van der Waals surface area (Å²) in [5, 5.41) is 3.78. The van der Waals surface area contributed by atoms with Crippen LogP contribution in [0.4, 0.5) is 8.78 Å². The Bertz CT molecular complexity index is 1270. The van der Waals surface area contributed by atoms with Crippen LogP contribution in [0.1, 0.15) is 5.89 Å². The zero-order chi connectivity index (χ0) is 23.6. The summed E-state index contributed by atoms with van der Waals surface area (Å²) in [4.78, 5) is 18.0. The molecule has 11 nitrogen and oxygen atoms in total. The first-order valence-corrected chi connectivity index (χ1v) is 11.0. The Kier molecular flexibility index (Phi) is 6.09. The zero-order valence-corrected chi connectivity index (χ0v) is 17.8. The quantitative estimate of drug-likeness (QED) is 0.539. The minimum Gasteiger partial charge on any atom is -0.493 e. The molecular formula is C19H16F2N4O7S. The number of methoxy groups -OCH3 is 1. The Morgan fingerprint density at radius 3 is 2.85 bits per heavy atom. The third-order valence-electron chi connectivity index (χ3n) is 4.49. The molecule has 0 radical (unpaired) electrons. The minimum absolute atomic E-state index is 0.00284.